The number of carbonyl (C=O) groups is 1. The van der Waals surface area contributed by atoms with Crippen molar-refractivity contribution >= 4 is 11.9 Å². The van der Waals surface area contributed by atoms with Crippen molar-refractivity contribution in [3.05, 3.63) is 36.7 Å². The zero-order valence-electron chi connectivity index (χ0n) is 14.8. The zero-order valence-corrected chi connectivity index (χ0v) is 14.8. The number of likely N-dealkylation sites (tertiary alicyclic amines) is 1. The average Bonchev–Trinajstić information content (AvgIpc) is 3.12. The molecule has 26 heavy (non-hydrogen) atoms. The van der Waals surface area contributed by atoms with E-state index in [-0.39, 0.29) is 17.1 Å². The van der Waals surface area contributed by atoms with Gasteiger partial charge >= 0.3 is 0 Å². The standard InChI is InChI=1S/C18H22N6O2/c1-26-14-11-21-15(22-12-14)16(25)23-8-3-18(4-9-23)5-10-24(13-18)17-19-6-2-7-20-17/h2,6-7,11-12H,3-5,8-10,13H2,1H3. The predicted octanol–water partition coefficient (Wildman–Crippen LogP) is 1.41. The van der Waals surface area contributed by atoms with E-state index < -0.39 is 0 Å². The number of carbonyl (C=O) groups excluding carboxylic acids is 1. The Hall–Kier alpha value is -2.77. The van der Waals surface area contributed by atoms with Crippen molar-refractivity contribution in [3.8, 4) is 5.75 Å². The highest BCUT2D eigenvalue weighted by Crippen LogP contribution is 2.41. The summed E-state index contributed by atoms with van der Waals surface area (Å²) in [6, 6.07) is 1.83. The Bertz CT molecular complexity index is 759. The van der Waals surface area contributed by atoms with Crippen molar-refractivity contribution in [2.24, 2.45) is 5.41 Å². The number of piperidine rings is 1. The van der Waals surface area contributed by atoms with E-state index in [0.29, 0.717) is 5.75 Å². The maximum atomic E-state index is 12.6. The van der Waals surface area contributed by atoms with Crippen LogP contribution in [0.3, 0.4) is 0 Å². The monoisotopic (exact) mass is 354 g/mol. The second-order valence-corrected chi connectivity index (χ2v) is 6.96. The van der Waals surface area contributed by atoms with Crippen molar-refractivity contribution in [2.75, 3.05) is 38.2 Å². The third kappa shape index (κ3) is 3.18. The molecule has 0 aromatic carbocycles. The molecule has 4 rings (SSSR count). The Labute approximate surface area is 152 Å². The van der Waals surface area contributed by atoms with Gasteiger partial charge in [-0.1, -0.05) is 0 Å². The van der Waals surface area contributed by atoms with Gasteiger partial charge in [0.2, 0.25) is 11.8 Å². The minimum absolute atomic E-state index is 0.108. The fraction of sp³-hybridized carbons (Fsp3) is 0.500. The van der Waals surface area contributed by atoms with Crippen molar-refractivity contribution in [1.82, 2.24) is 24.8 Å². The highest BCUT2D eigenvalue weighted by atomic mass is 16.5. The van der Waals surface area contributed by atoms with Gasteiger partial charge in [0.15, 0.2) is 5.75 Å². The van der Waals surface area contributed by atoms with Crippen LogP contribution in [0, 0.1) is 5.41 Å². The van der Waals surface area contributed by atoms with E-state index >= 15 is 0 Å². The van der Waals surface area contributed by atoms with E-state index in [1.807, 2.05) is 11.0 Å². The van der Waals surface area contributed by atoms with Crippen molar-refractivity contribution in [2.45, 2.75) is 19.3 Å². The lowest BCUT2D eigenvalue weighted by Gasteiger charge is -2.39. The predicted molar refractivity (Wildman–Crippen MR) is 95.0 cm³/mol. The van der Waals surface area contributed by atoms with Crippen LogP contribution in [0.25, 0.3) is 0 Å². The van der Waals surface area contributed by atoms with Crippen molar-refractivity contribution in [3.63, 3.8) is 0 Å². The molecule has 2 aromatic rings. The molecule has 0 atom stereocenters. The molecule has 2 saturated heterocycles. The number of amides is 1. The number of rotatable bonds is 3. The molecule has 1 spiro atoms. The van der Waals surface area contributed by atoms with E-state index in [9.17, 15) is 4.79 Å². The first kappa shape index (κ1) is 16.7. The molecule has 0 bridgehead atoms. The van der Waals surface area contributed by atoms with Crippen LogP contribution in [0.2, 0.25) is 0 Å². The third-order valence-corrected chi connectivity index (χ3v) is 5.44. The first-order chi connectivity index (χ1) is 12.7. The Morgan fingerprint density at radius 3 is 2.35 bits per heavy atom. The van der Waals surface area contributed by atoms with Crippen LogP contribution in [-0.2, 0) is 0 Å². The largest absolute Gasteiger partial charge is 0.494 e. The van der Waals surface area contributed by atoms with Gasteiger partial charge in [-0.25, -0.2) is 19.9 Å². The van der Waals surface area contributed by atoms with E-state index in [1.165, 1.54) is 12.4 Å². The Morgan fingerprint density at radius 2 is 1.69 bits per heavy atom. The van der Waals surface area contributed by atoms with Gasteiger partial charge in [0.25, 0.3) is 5.91 Å². The first-order valence-electron chi connectivity index (χ1n) is 8.86. The van der Waals surface area contributed by atoms with Gasteiger partial charge in [0, 0.05) is 38.6 Å². The molecule has 8 nitrogen and oxygen atoms in total. The molecular weight excluding hydrogens is 332 g/mol. The van der Waals surface area contributed by atoms with Crippen LogP contribution in [0.1, 0.15) is 29.9 Å². The summed E-state index contributed by atoms with van der Waals surface area (Å²) in [6.45, 7) is 3.40. The molecule has 2 fully saturated rings. The number of hydrogen-bond donors (Lipinski definition) is 0. The summed E-state index contributed by atoms with van der Waals surface area (Å²) in [4.78, 5) is 33.7. The van der Waals surface area contributed by atoms with E-state index in [2.05, 4.69) is 24.8 Å². The van der Waals surface area contributed by atoms with Crippen LogP contribution in [0.4, 0.5) is 5.95 Å². The lowest BCUT2D eigenvalue weighted by molar-refractivity contribution is 0.0598. The molecule has 2 aromatic heterocycles. The summed E-state index contributed by atoms with van der Waals surface area (Å²) in [7, 11) is 1.55. The SMILES string of the molecule is COc1cnc(C(=O)N2CCC3(CC2)CCN(c2ncccn2)C3)nc1. The van der Waals surface area contributed by atoms with Crippen LogP contribution >= 0.6 is 0 Å². The molecule has 0 saturated carbocycles. The van der Waals surface area contributed by atoms with Crippen LogP contribution in [0.5, 0.6) is 5.75 Å². The topological polar surface area (TPSA) is 84.3 Å². The lowest BCUT2D eigenvalue weighted by atomic mass is 9.78. The molecule has 136 valence electrons. The summed E-state index contributed by atoms with van der Waals surface area (Å²) in [5.74, 6) is 1.47. The number of anilines is 1. The third-order valence-electron chi connectivity index (χ3n) is 5.44. The van der Waals surface area contributed by atoms with Gasteiger partial charge < -0.3 is 14.5 Å². The molecule has 1 amide bonds. The zero-order chi connectivity index (χ0) is 18.0. The molecule has 2 aliphatic heterocycles. The Morgan fingerprint density at radius 1 is 1.04 bits per heavy atom. The fourth-order valence-electron chi connectivity index (χ4n) is 3.83. The van der Waals surface area contributed by atoms with Crippen LogP contribution in [0.15, 0.2) is 30.9 Å². The smallest absolute Gasteiger partial charge is 0.291 e. The molecule has 8 heteroatoms. The maximum Gasteiger partial charge on any atom is 0.291 e. The van der Waals surface area contributed by atoms with Crippen LogP contribution < -0.4 is 9.64 Å². The van der Waals surface area contributed by atoms with Crippen LogP contribution in [-0.4, -0.2) is 64.0 Å². The summed E-state index contributed by atoms with van der Waals surface area (Å²) >= 11 is 0. The summed E-state index contributed by atoms with van der Waals surface area (Å²) in [5.41, 5.74) is 0.247. The Balaban J connectivity index is 1.37. The Kier molecular flexibility index (Phi) is 4.40. The summed E-state index contributed by atoms with van der Waals surface area (Å²) in [5, 5.41) is 0. The number of ether oxygens (including phenoxy) is 1. The number of nitrogens with zero attached hydrogens (tertiary/aromatic N) is 6. The van der Waals surface area contributed by atoms with Gasteiger partial charge in [-0.3, -0.25) is 4.79 Å². The molecule has 0 aliphatic carbocycles. The first-order valence-corrected chi connectivity index (χ1v) is 8.86. The summed E-state index contributed by atoms with van der Waals surface area (Å²) in [6.07, 6.45) is 9.70. The lowest BCUT2D eigenvalue weighted by Crippen LogP contribution is -2.44. The van der Waals surface area contributed by atoms with Gasteiger partial charge in [-0.15, -0.1) is 0 Å². The highest BCUT2D eigenvalue weighted by molar-refractivity contribution is 5.90. The molecule has 0 radical (unpaired) electrons. The maximum absolute atomic E-state index is 12.6. The molecule has 0 unspecified atom stereocenters. The van der Waals surface area contributed by atoms with Gasteiger partial charge in [0.1, 0.15) is 0 Å². The van der Waals surface area contributed by atoms with E-state index in [1.54, 1.807) is 19.5 Å². The quantitative estimate of drug-likeness (QED) is 0.824. The molecule has 0 N–H and O–H groups in total. The molecular formula is C18H22N6O2. The second kappa shape index (κ2) is 6.86. The van der Waals surface area contributed by atoms with Crippen molar-refractivity contribution < 1.29 is 9.53 Å². The van der Waals surface area contributed by atoms with Gasteiger partial charge in [-0.2, -0.15) is 0 Å². The normalized spacial score (nSPS) is 19.0. The number of aromatic nitrogens is 4. The minimum atomic E-state index is -0.108. The minimum Gasteiger partial charge on any atom is -0.494 e. The highest BCUT2D eigenvalue weighted by Gasteiger charge is 2.42. The van der Waals surface area contributed by atoms with E-state index in [4.69, 9.17) is 4.74 Å². The van der Waals surface area contributed by atoms with E-state index in [0.717, 1.165) is 51.4 Å². The second-order valence-electron chi connectivity index (χ2n) is 6.96. The number of methoxy groups -OCH3 is 1. The average molecular weight is 354 g/mol. The van der Waals surface area contributed by atoms with Crippen molar-refractivity contribution in [1.29, 1.82) is 0 Å². The van der Waals surface area contributed by atoms with Gasteiger partial charge in [0.05, 0.1) is 19.5 Å². The molecule has 4 heterocycles. The van der Waals surface area contributed by atoms with Gasteiger partial charge in [-0.05, 0) is 30.7 Å². The fourth-order valence-corrected chi connectivity index (χ4v) is 3.83. The number of hydrogen-bond acceptors (Lipinski definition) is 7. The summed E-state index contributed by atoms with van der Waals surface area (Å²) < 4.78 is 5.04. The molecule has 2 aliphatic rings.